The fourth-order valence-corrected chi connectivity index (χ4v) is 4.71. The van der Waals surface area contributed by atoms with Crippen molar-refractivity contribution in [2.75, 3.05) is 5.32 Å². The summed E-state index contributed by atoms with van der Waals surface area (Å²) in [5.74, 6) is -0.652. The Morgan fingerprint density at radius 3 is 2.71 bits per heavy atom. The summed E-state index contributed by atoms with van der Waals surface area (Å²) >= 11 is 1.23. The Morgan fingerprint density at radius 2 is 1.97 bits per heavy atom. The van der Waals surface area contributed by atoms with E-state index in [1.165, 1.54) is 30.0 Å². The van der Waals surface area contributed by atoms with Crippen molar-refractivity contribution in [1.82, 2.24) is 9.88 Å². The maximum Gasteiger partial charge on any atom is 0.271 e. The number of nitrogens with zero attached hydrogens (tertiary/aromatic N) is 4. The van der Waals surface area contributed by atoms with E-state index in [0.29, 0.717) is 16.5 Å². The van der Waals surface area contributed by atoms with Crippen LogP contribution in [0.2, 0.25) is 0 Å². The van der Waals surface area contributed by atoms with Gasteiger partial charge in [-0.2, -0.15) is 0 Å². The minimum atomic E-state index is -0.679. The topological polar surface area (TPSA) is 118 Å². The average Bonchev–Trinajstić information content (AvgIpc) is 3.11. The number of aryl methyl sites for hydroxylation is 1. The number of nitro benzene ring substituents is 1. The molecule has 9 nitrogen and oxygen atoms in total. The molecule has 0 spiro atoms. The van der Waals surface area contributed by atoms with Crippen molar-refractivity contribution in [3.8, 4) is 0 Å². The summed E-state index contributed by atoms with van der Waals surface area (Å²) in [6.07, 6.45) is 1.56. The lowest BCUT2D eigenvalue weighted by Gasteiger charge is -2.16. The van der Waals surface area contributed by atoms with Gasteiger partial charge in [-0.25, -0.2) is 4.99 Å². The van der Waals surface area contributed by atoms with E-state index < -0.39 is 16.1 Å². The molecule has 1 aliphatic heterocycles. The number of hydrogen-bond donors (Lipinski definition) is 1. The number of carbonyl (C=O) groups excluding carboxylic acids is 2. The third-order valence-electron chi connectivity index (χ3n) is 5.57. The van der Waals surface area contributed by atoms with E-state index >= 15 is 0 Å². The van der Waals surface area contributed by atoms with E-state index in [2.05, 4.69) is 10.3 Å². The molecule has 1 unspecified atom stereocenters. The third-order valence-corrected chi connectivity index (χ3v) is 6.75. The van der Waals surface area contributed by atoms with Gasteiger partial charge in [-0.05, 0) is 49.2 Å². The zero-order chi connectivity index (χ0) is 24.9. The average molecular weight is 490 g/mol. The molecule has 0 saturated carbocycles. The molecule has 1 aromatic heterocycles. The Morgan fingerprint density at radius 1 is 1.17 bits per heavy atom. The molecule has 0 radical (unpaired) electrons. The number of nitrogens with one attached hydrogen (secondary N) is 1. The molecule has 1 atom stereocenters. The van der Waals surface area contributed by atoms with Crippen LogP contribution in [-0.4, -0.2) is 37.0 Å². The molecule has 2 heterocycles. The highest BCUT2D eigenvalue weighted by atomic mass is 32.2. The lowest BCUT2D eigenvalue weighted by molar-refractivity contribution is -0.384. The second kappa shape index (κ2) is 10.5. The van der Waals surface area contributed by atoms with Crippen molar-refractivity contribution in [2.45, 2.75) is 32.1 Å². The maximum absolute atomic E-state index is 13.3. The van der Waals surface area contributed by atoms with Gasteiger partial charge in [0.2, 0.25) is 11.8 Å². The molecule has 1 N–H and O–H groups in total. The highest BCUT2D eigenvalue weighted by Gasteiger charge is 2.39. The van der Waals surface area contributed by atoms with Crippen LogP contribution < -0.4 is 5.32 Å². The van der Waals surface area contributed by atoms with Crippen LogP contribution in [0.3, 0.4) is 0 Å². The maximum atomic E-state index is 13.3. The number of rotatable bonds is 7. The molecule has 3 aromatic rings. The molecule has 4 rings (SSSR count). The normalized spacial score (nSPS) is 16.5. The molecule has 0 bridgehead atoms. The Bertz CT molecular complexity index is 1310. The summed E-state index contributed by atoms with van der Waals surface area (Å²) in [6.45, 7) is 4.21. The van der Waals surface area contributed by atoms with Crippen molar-refractivity contribution < 1.29 is 14.5 Å². The first-order valence-electron chi connectivity index (χ1n) is 10.9. The number of benzene rings is 2. The Balaban J connectivity index is 1.56. The largest absolute Gasteiger partial charge is 0.326 e. The molecule has 1 saturated heterocycles. The van der Waals surface area contributed by atoms with E-state index in [1.54, 1.807) is 23.2 Å². The Hall–Kier alpha value is -4.05. The van der Waals surface area contributed by atoms with E-state index in [9.17, 15) is 19.7 Å². The van der Waals surface area contributed by atoms with Crippen LogP contribution in [0.15, 0.2) is 71.9 Å². The van der Waals surface area contributed by atoms with E-state index in [4.69, 9.17) is 4.99 Å². The number of hydrogen-bond acceptors (Lipinski definition) is 7. The van der Waals surface area contributed by atoms with Gasteiger partial charge in [-0.15, -0.1) is 0 Å². The Kier molecular flexibility index (Phi) is 7.21. The predicted molar refractivity (Wildman–Crippen MR) is 136 cm³/mol. The first-order valence-corrected chi connectivity index (χ1v) is 11.8. The number of amides is 2. The summed E-state index contributed by atoms with van der Waals surface area (Å²) < 4.78 is 0. The highest BCUT2D eigenvalue weighted by Crippen LogP contribution is 2.34. The van der Waals surface area contributed by atoms with Gasteiger partial charge in [0.25, 0.3) is 5.69 Å². The second-order valence-corrected chi connectivity index (χ2v) is 9.19. The number of anilines is 1. The fraction of sp³-hybridized carbons (Fsp3) is 0.200. The van der Waals surface area contributed by atoms with E-state index in [1.807, 2.05) is 44.2 Å². The van der Waals surface area contributed by atoms with Gasteiger partial charge in [0.1, 0.15) is 5.25 Å². The molecule has 1 aliphatic rings. The number of aromatic nitrogens is 1. The summed E-state index contributed by atoms with van der Waals surface area (Å²) in [5, 5.41) is 13.5. The number of carbonyl (C=O) groups is 2. The first kappa shape index (κ1) is 24.1. The van der Waals surface area contributed by atoms with Crippen LogP contribution >= 0.6 is 11.8 Å². The van der Waals surface area contributed by atoms with Crippen molar-refractivity contribution in [1.29, 1.82) is 0 Å². The van der Waals surface area contributed by atoms with E-state index in [-0.39, 0.29) is 24.6 Å². The van der Waals surface area contributed by atoms with Crippen LogP contribution in [0.4, 0.5) is 17.1 Å². The lowest BCUT2D eigenvalue weighted by Crippen LogP contribution is -2.33. The summed E-state index contributed by atoms with van der Waals surface area (Å²) in [4.78, 5) is 47.1. The van der Waals surface area contributed by atoms with Gasteiger partial charge in [0.15, 0.2) is 5.17 Å². The van der Waals surface area contributed by atoms with Gasteiger partial charge in [-0.1, -0.05) is 36.0 Å². The molecule has 35 heavy (non-hydrogen) atoms. The van der Waals surface area contributed by atoms with Crippen LogP contribution in [0.1, 0.15) is 23.2 Å². The summed E-state index contributed by atoms with van der Waals surface area (Å²) in [7, 11) is 0. The molecule has 0 aliphatic carbocycles. The van der Waals surface area contributed by atoms with Crippen molar-refractivity contribution in [2.24, 2.45) is 4.99 Å². The van der Waals surface area contributed by atoms with E-state index in [0.717, 1.165) is 16.8 Å². The van der Waals surface area contributed by atoms with Gasteiger partial charge >= 0.3 is 0 Å². The number of aliphatic imine (C=N–C) groups is 1. The van der Waals surface area contributed by atoms with Crippen LogP contribution in [-0.2, 0) is 16.1 Å². The standard InChI is InChI=1S/C25H23N5O4S/c1-16-7-5-11-21(17(16)2)28-25-29(15-19-8-3-4-12-26-19)24(32)22(35-25)14-23(31)27-18-9-6-10-20(13-18)30(33)34/h3-13,22H,14-15H2,1-2H3,(H,27,31). The molecule has 2 aromatic carbocycles. The first-order chi connectivity index (χ1) is 16.8. The van der Waals surface area contributed by atoms with Crippen molar-refractivity contribution in [3.05, 3.63) is 93.8 Å². The van der Waals surface area contributed by atoms with Crippen LogP contribution in [0, 0.1) is 24.0 Å². The number of non-ortho nitro benzene ring substituents is 1. The lowest BCUT2D eigenvalue weighted by atomic mass is 10.1. The summed E-state index contributed by atoms with van der Waals surface area (Å²) in [5.41, 5.74) is 3.74. The molecule has 2 amide bonds. The number of amidine groups is 1. The fourth-order valence-electron chi connectivity index (χ4n) is 3.56. The second-order valence-electron chi connectivity index (χ2n) is 8.03. The molecular weight excluding hydrogens is 466 g/mol. The zero-order valence-corrected chi connectivity index (χ0v) is 20.0. The van der Waals surface area contributed by atoms with Crippen molar-refractivity contribution in [3.63, 3.8) is 0 Å². The van der Waals surface area contributed by atoms with Gasteiger partial charge in [0, 0.05) is 30.4 Å². The van der Waals surface area contributed by atoms with Crippen LogP contribution in [0.25, 0.3) is 0 Å². The summed E-state index contributed by atoms with van der Waals surface area (Å²) in [6, 6.07) is 17.0. The van der Waals surface area contributed by atoms with Crippen molar-refractivity contribution >= 4 is 45.8 Å². The predicted octanol–water partition coefficient (Wildman–Crippen LogP) is 4.77. The number of nitro groups is 1. The van der Waals surface area contributed by atoms with Gasteiger partial charge in [-0.3, -0.25) is 29.6 Å². The van der Waals surface area contributed by atoms with Gasteiger partial charge < -0.3 is 5.32 Å². The third kappa shape index (κ3) is 5.72. The number of pyridine rings is 1. The molecular formula is C25H23N5O4S. The minimum absolute atomic E-state index is 0.100. The highest BCUT2D eigenvalue weighted by molar-refractivity contribution is 8.15. The quantitative estimate of drug-likeness (QED) is 0.377. The zero-order valence-electron chi connectivity index (χ0n) is 19.2. The number of thioether (sulfide) groups is 1. The molecule has 1 fully saturated rings. The van der Waals surface area contributed by atoms with Gasteiger partial charge in [0.05, 0.1) is 22.8 Å². The SMILES string of the molecule is Cc1cccc(N=C2SC(CC(=O)Nc3cccc([N+](=O)[O-])c3)C(=O)N2Cc2ccccn2)c1C. The smallest absolute Gasteiger partial charge is 0.271 e. The monoisotopic (exact) mass is 489 g/mol. The Labute approximate surface area is 206 Å². The molecule has 10 heteroatoms. The van der Waals surface area contributed by atoms with Crippen LogP contribution in [0.5, 0.6) is 0 Å². The molecule has 178 valence electrons. The minimum Gasteiger partial charge on any atom is -0.326 e.